The molecule has 2 aromatic rings. The van der Waals surface area contributed by atoms with E-state index in [1.165, 1.54) is 5.56 Å². The monoisotopic (exact) mass is 257 g/mol. The number of aromatic nitrogens is 1. The van der Waals surface area contributed by atoms with Crippen molar-refractivity contribution in [1.29, 1.82) is 0 Å². The molecule has 0 aliphatic heterocycles. The molecule has 0 fully saturated rings. The fourth-order valence-corrected chi connectivity index (χ4v) is 2.21. The molecule has 0 saturated carbocycles. The van der Waals surface area contributed by atoms with Crippen LogP contribution in [0.4, 0.5) is 0 Å². The molecule has 0 bridgehead atoms. The quantitative estimate of drug-likeness (QED) is 0.918. The smallest absolute Gasteiger partial charge is 0.143 e. The van der Waals surface area contributed by atoms with Crippen LogP contribution in [0.3, 0.4) is 0 Å². The molecule has 0 radical (unpaired) electrons. The average Bonchev–Trinajstić information content (AvgIpc) is 2.42. The minimum atomic E-state index is -0.768. The van der Waals surface area contributed by atoms with Crippen LogP contribution in [0.15, 0.2) is 30.5 Å². The second-order valence-corrected chi connectivity index (χ2v) is 4.79. The van der Waals surface area contributed by atoms with Crippen molar-refractivity contribution < 1.29 is 9.84 Å². The number of aryl methyl sites for hydroxylation is 3. The van der Waals surface area contributed by atoms with Crippen molar-refractivity contribution in [1.82, 2.24) is 4.98 Å². The Kier molecular flexibility index (Phi) is 3.86. The van der Waals surface area contributed by atoms with E-state index < -0.39 is 6.10 Å². The van der Waals surface area contributed by atoms with Crippen molar-refractivity contribution in [2.24, 2.45) is 0 Å². The van der Waals surface area contributed by atoms with Crippen molar-refractivity contribution in [3.05, 3.63) is 58.4 Å². The molecule has 1 aromatic heterocycles. The summed E-state index contributed by atoms with van der Waals surface area (Å²) in [6.07, 6.45) is 0.896. The molecule has 0 aliphatic carbocycles. The van der Waals surface area contributed by atoms with Gasteiger partial charge in [-0.2, -0.15) is 0 Å². The van der Waals surface area contributed by atoms with Crippen molar-refractivity contribution in [2.75, 3.05) is 7.11 Å². The predicted octanol–water partition coefficient (Wildman–Crippen LogP) is 3.10. The fourth-order valence-electron chi connectivity index (χ4n) is 2.21. The minimum Gasteiger partial charge on any atom is -0.495 e. The summed E-state index contributed by atoms with van der Waals surface area (Å²) in [4.78, 5) is 4.24. The Hall–Kier alpha value is -1.87. The van der Waals surface area contributed by atoms with Crippen LogP contribution in [0.25, 0.3) is 0 Å². The van der Waals surface area contributed by atoms with Crippen LogP contribution in [0.1, 0.15) is 34.1 Å². The topological polar surface area (TPSA) is 42.4 Å². The molecule has 1 unspecified atom stereocenters. The fraction of sp³-hybridized carbons (Fsp3) is 0.312. The van der Waals surface area contributed by atoms with Crippen molar-refractivity contribution in [2.45, 2.75) is 26.9 Å². The summed E-state index contributed by atoms with van der Waals surface area (Å²) in [5.41, 5.74) is 4.87. The molecule has 3 heteroatoms. The number of hydrogen-bond acceptors (Lipinski definition) is 3. The zero-order valence-corrected chi connectivity index (χ0v) is 11.8. The maximum Gasteiger partial charge on any atom is 0.143 e. The minimum absolute atomic E-state index is 0.552. The lowest BCUT2D eigenvalue weighted by Gasteiger charge is -2.17. The number of aliphatic hydroxyl groups excluding tert-OH is 1. The number of aliphatic hydroxyl groups is 1. The number of methoxy groups -OCH3 is 1. The van der Waals surface area contributed by atoms with Gasteiger partial charge in [-0.05, 0) is 55.2 Å². The molecule has 100 valence electrons. The van der Waals surface area contributed by atoms with Gasteiger partial charge in [-0.25, -0.2) is 0 Å². The van der Waals surface area contributed by atoms with Gasteiger partial charge in [0, 0.05) is 6.20 Å². The van der Waals surface area contributed by atoms with Crippen molar-refractivity contribution >= 4 is 0 Å². The first-order chi connectivity index (χ1) is 9.04. The molecule has 1 heterocycles. The Bertz CT molecular complexity index is 593. The van der Waals surface area contributed by atoms with Crippen LogP contribution < -0.4 is 4.74 Å². The van der Waals surface area contributed by atoms with Gasteiger partial charge in [0.05, 0.1) is 7.11 Å². The van der Waals surface area contributed by atoms with E-state index in [4.69, 9.17) is 4.74 Å². The van der Waals surface area contributed by atoms with E-state index >= 15 is 0 Å². The third-order valence-electron chi connectivity index (χ3n) is 3.46. The van der Waals surface area contributed by atoms with E-state index in [0.717, 1.165) is 16.7 Å². The van der Waals surface area contributed by atoms with Gasteiger partial charge in [-0.1, -0.05) is 12.1 Å². The SMILES string of the molecule is COc1cccnc1C(O)c1cc(C)c(C)cc1C. The Morgan fingerprint density at radius 1 is 1.11 bits per heavy atom. The number of nitrogens with zero attached hydrogens (tertiary/aromatic N) is 1. The maximum atomic E-state index is 10.6. The molecule has 2 rings (SSSR count). The van der Waals surface area contributed by atoms with Gasteiger partial charge in [0.15, 0.2) is 0 Å². The third kappa shape index (κ3) is 2.61. The molecule has 0 aliphatic rings. The zero-order valence-electron chi connectivity index (χ0n) is 11.8. The van der Waals surface area contributed by atoms with E-state index in [-0.39, 0.29) is 0 Å². The summed E-state index contributed by atoms with van der Waals surface area (Å²) in [5, 5.41) is 10.6. The summed E-state index contributed by atoms with van der Waals surface area (Å²) >= 11 is 0. The molecule has 0 saturated heterocycles. The Morgan fingerprint density at radius 2 is 1.79 bits per heavy atom. The molecule has 1 atom stereocenters. The molecule has 0 amide bonds. The van der Waals surface area contributed by atoms with Crippen LogP contribution in [0.2, 0.25) is 0 Å². The third-order valence-corrected chi connectivity index (χ3v) is 3.46. The Labute approximate surface area is 113 Å². The lowest BCUT2D eigenvalue weighted by Crippen LogP contribution is -2.07. The number of pyridine rings is 1. The number of rotatable bonds is 3. The van der Waals surface area contributed by atoms with Crippen LogP contribution in [-0.4, -0.2) is 17.2 Å². The summed E-state index contributed by atoms with van der Waals surface area (Å²) in [6, 6.07) is 7.71. The lowest BCUT2D eigenvalue weighted by molar-refractivity contribution is 0.208. The lowest BCUT2D eigenvalue weighted by atomic mass is 9.95. The van der Waals surface area contributed by atoms with Crippen molar-refractivity contribution in [3.63, 3.8) is 0 Å². The highest BCUT2D eigenvalue weighted by Gasteiger charge is 2.19. The van der Waals surface area contributed by atoms with Gasteiger partial charge >= 0.3 is 0 Å². The van der Waals surface area contributed by atoms with Gasteiger partial charge in [0.25, 0.3) is 0 Å². The highest BCUT2D eigenvalue weighted by molar-refractivity contribution is 5.42. The van der Waals surface area contributed by atoms with Gasteiger partial charge in [-0.15, -0.1) is 0 Å². The predicted molar refractivity (Wildman–Crippen MR) is 75.5 cm³/mol. The van der Waals surface area contributed by atoms with Crippen LogP contribution in [-0.2, 0) is 0 Å². The van der Waals surface area contributed by atoms with Crippen LogP contribution >= 0.6 is 0 Å². The number of benzene rings is 1. The average molecular weight is 257 g/mol. The van der Waals surface area contributed by atoms with Gasteiger partial charge in [-0.3, -0.25) is 4.98 Å². The molecule has 1 N–H and O–H groups in total. The van der Waals surface area contributed by atoms with E-state index in [2.05, 4.69) is 18.0 Å². The van der Waals surface area contributed by atoms with Crippen LogP contribution in [0.5, 0.6) is 5.75 Å². The standard InChI is InChI=1S/C16H19NO2/c1-10-8-12(3)13(9-11(10)2)16(18)15-14(19-4)6-5-7-17-15/h5-9,16,18H,1-4H3. The van der Waals surface area contributed by atoms with E-state index in [0.29, 0.717) is 11.4 Å². The zero-order chi connectivity index (χ0) is 14.0. The highest BCUT2D eigenvalue weighted by Crippen LogP contribution is 2.30. The van der Waals surface area contributed by atoms with Crippen LogP contribution in [0, 0.1) is 20.8 Å². The first-order valence-corrected chi connectivity index (χ1v) is 6.29. The summed E-state index contributed by atoms with van der Waals surface area (Å²) < 4.78 is 5.26. The normalized spacial score (nSPS) is 12.3. The number of hydrogen-bond donors (Lipinski definition) is 1. The second-order valence-electron chi connectivity index (χ2n) is 4.79. The molecule has 3 nitrogen and oxygen atoms in total. The first-order valence-electron chi connectivity index (χ1n) is 6.29. The van der Waals surface area contributed by atoms with Gasteiger partial charge in [0.2, 0.25) is 0 Å². The van der Waals surface area contributed by atoms with E-state index in [9.17, 15) is 5.11 Å². The van der Waals surface area contributed by atoms with E-state index in [1.54, 1.807) is 19.4 Å². The summed E-state index contributed by atoms with van der Waals surface area (Å²) in [7, 11) is 1.58. The van der Waals surface area contributed by atoms with Crippen molar-refractivity contribution in [3.8, 4) is 5.75 Å². The number of ether oxygens (including phenoxy) is 1. The first kappa shape index (κ1) is 13.6. The second kappa shape index (κ2) is 5.41. The summed E-state index contributed by atoms with van der Waals surface area (Å²) in [6.45, 7) is 6.11. The van der Waals surface area contributed by atoms with Gasteiger partial charge < -0.3 is 9.84 Å². The Balaban J connectivity index is 2.50. The largest absolute Gasteiger partial charge is 0.495 e. The Morgan fingerprint density at radius 3 is 2.47 bits per heavy atom. The molecular formula is C16H19NO2. The highest BCUT2D eigenvalue weighted by atomic mass is 16.5. The molecule has 0 spiro atoms. The van der Waals surface area contributed by atoms with E-state index in [1.807, 2.05) is 26.0 Å². The molecule has 19 heavy (non-hydrogen) atoms. The molecule has 1 aromatic carbocycles. The summed E-state index contributed by atoms with van der Waals surface area (Å²) in [5.74, 6) is 0.604. The van der Waals surface area contributed by atoms with Gasteiger partial charge in [0.1, 0.15) is 17.5 Å². The molecular weight excluding hydrogens is 238 g/mol. The maximum absolute atomic E-state index is 10.6.